The summed E-state index contributed by atoms with van der Waals surface area (Å²) in [6.07, 6.45) is 93.4. The standard InChI is InChI=1S/C83H161N2O7P/c1-7-10-13-16-19-22-25-28-30-32-34-36-38-40-42-44-46-48-50-52-54-57-60-63-66-69-72-75-82(86)84-80(79-91-93(88,89)90-78-77-85(4,5)6)81(74-71-68-65-62-59-56-27-24-21-18-15-12-9-3)92-83(87)76-73-70-67-64-61-58-55-53-51-49-47-45-43-41-39-37-35-33-31-29-26-23-20-17-14-11-8-2/h19,22,28,30,71,74,80-81H,7-18,20-21,23-27,29,31-70,72-73,75-79H2,1-6H3,(H-,84,86,88,89)/p+1/b22-19-,30-28-,74-71+. The van der Waals surface area contributed by atoms with Gasteiger partial charge in [-0.2, -0.15) is 0 Å². The Labute approximate surface area is 580 Å². The number of phosphoric acid groups is 1. The van der Waals surface area contributed by atoms with Crippen molar-refractivity contribution in [2.45, 2.75) is 444 Å². The van der Waals surface area contributed by atoms with E-state index < -0.39 is 20.0 Å². The summed E-state index contributed by atoms with van der Waals surface area (Å²) in [6.45, 7) is 7.08. The SMILES string of the molecule is CCCCC/C=C\C/C=C\CCCCCCCCCCCCCCCCCCCC(=O)NC(COP(=O)(O)OCC[N+](C)(C)C)C(/C=C/CCCCCCCCCCCCC)OC(=O)CCCCCCCCCCCCCCCCCCCCCCCCCCCCC. The lowest BCUT2D eigenvalue weighted by atomic mass is 10.0. The van der Waals surface area contributed by atoms with Crippen LogP contribution in [0, 0.1) is 0 Å². The van der Waals surface area contributed by atoms with Gasteiger partial charge in [0.1, 0.15) is 19.3 Å². The Kier molecular flexibility index (Phi) is 71.6. The van der Waals surface area contributed by atoms with Crippen molar-refractivity contribution in [3.63, 3.8) is 0 Å². The van der Waals surface area contributed by atoms with Crippen molar-refractivity contribution in [1.82, 2.24) is 5.32 Å². The van der Waals surface area contributed by atoms with E-state index in [2.05, 4.69) is 56.5 Å². The highest BCUT2D eigenvalue weighted by atomic mass is 31.2. The molecule has 0 spiro atoms. The lowest BCUT2D eigenvalue weighted by Crippen LogP contribution is -2.47. The Balaban J connectivity index is 4.88. The third-order valence-corrected chi connectivity index (χ3v) is 20.1. The van der Waals surface area contributed by atoms with E-state index in [4.69, 9.17) is 13.8 Å². The molecular weight excluding hydrogens is 1170 g/mol. The number of amides is 1. The second-order valence-corrected chi connectivity index (χ2v) is 31.1. The molecule has 3 atom stereocenters. The van der Waals surface area contributed by atoms with E-state index in [0.29, 0.717) is 23.9 Å². The summed E-state index contributed by atoms with van der Waals surface area (Å²) in [4.78, 5) is 38.1. The van der Waals surface area contributed by atoms with Gasteiger partial charge in [-0.25, -0.2) is 4.57 Å². The van der Waals surface area contributed by atoms with Gasteiger partial charge in [0.2, 0.25) is 5.91 Å². The number of unbranched alkanes of at least 4 members (excludes halogenated alkanes) is 57. The molecule has 0 heterocycles. The zero-order chi connectivity index (χ0) is 67.8. The van der Waals surface area contributed by atoms with Gasteiger partial charge in [0.25, 0.3) is 0 Å². The summed E-state index contributed by atoms with van der Waals surface area (Å²) in [6, 6.07) is -0.846. The number of rotatable bonds is 77. The smallest absolute Gasteiger partial charge is 0.456 e. The molecule has 93 heavy (non-hydrogen) atoms. The molecule has 0 saturated heterocycles. The zero-order valence-corrected chi connectivity index (χ0v) is 64.2. The monoisotopic (exact) mass is 1330 g/mol. The predicted molar refractivity (Wildman–Crippen MR) is 406 cm³/mol. The zero-order valence-electron chi connectivity index (χ0n) is 63.3. The number of allylic oxidation sites excluding steroid dienone is 5. The predicted octanol–water partition coefficient (Wildman–Crippen LogP) is 26.9. The lowest BCUT2D eigenvalue weighted by molar-refractivity contribution is -0.870. The maximum atomic E-state index is 13.7. The third-order valence-electron chi connectivity index (χ3n) is 19.1. The molecule has 1 amide bonds. The van der Waals surface area contributed by atoms with Gasteiger partial charge in [-0.05, 0) is 63.9 Å². The number of nitrogens with zero attached hydrogens (tertiary/aromatic N) is 1. The van der Waals surface area contributed by atoms with Gasteiger partial charge in [-0.3, -0.25) is 18.6 Å². The topological polar surface area (TPSA) is 111 Å². The first-order valence-electron chi connectivity index (χ1n) is 41.3. The van der Waals surface area contributed by atoms with Gasteiger partial charge in [-0.15, -0.1) is 0 Å². The van der Waals surface area contributed by atoms with E-state index in [-0.39, 0.29) is 25.1 Å². The summed E-state index contributed by atoms with van der Waals surface area (Å²) >= 11 is 0. The number of carbonyl (C=O) groups is 2. The molecule has 0 aromatic rings. The Morgan fingerprint density at radius 3 is 0.989 bits per heavy atom. The van der Waals surface area contributed by atoms with Crippen LogP contribution in [0.5, 0.6) is 0 Å². The molecular formula is C83H162N2O7P+. The number of esters is 1. The number of likely N-dealkylation sites (N-methyl/N-ethyl adjacent to an activating group) is 1. The minimum atomic E-state index is -4.46. The Bertz CT molecular complexity index is 1680. The van der Waals surface area contributed by atoms with Crippen LogP contribution >= 0.6 is 7.82 Å². The molecule has 0 aromatic carbocycles. The average Bonchev–Trinajstić information content (AvgIpc) is 2.31. The van der Waals surface area contributed by atoms with Crippen molar-refractivity contribution in [2.24, 2.45) is 0 Å². The van der Waals surface area contributed by atoms with Crippen molar-refractivity contribution in [3.05, 3.63) is 36.5 Å². The summed E-state index contributed by atoms with van der Waals surface area (Å²) in [7, 11) is 1.52. The molecule has 0 fully saturated rings. The molecule has 0 aliphatic carbocycles. The summed E-state index contributed by atoms with van der Waals surface area (Å²) < 4.78 is 31.0. The molecule has 0 aliphatic rings. The van der Waals surface area contributed by atoms with Crippen molar-refractivity contribution in [3.8, 4) is 0 Å². The molecule has 550 valence electrons. The molecule has 0 bridgehead atoms. The highest BCUT2D eigenvalue weighted by Gasteiger charge is 2.30. The van der Waals surface area contributed by atoms with Gasteiger partial charge >= 0.3 is 13.8 Å². The number of hydrogen-bond donors (Lipinski definition) is 2. The van der Waals surface area contributed by atoms with Crippen LogP contribution in [0.1, 0.15) is 432 Å². The van der Waals surface area contributed by atoms with Crippen molar-refractivity contribution in [2.75, 3.05) is 40.9 Å². The quantitative estimate of drug-likeness (QED) is 0.0205. The van der Waals surface area contributed by atoms with Crippen molar-refractivity contribution < 1.29 is 37.3 Å². The van der Waals surface area contributed by atoms with E-state index in [1.807, 2.05) is 27.2 Å². The van der Waals surface area contributed by atoms with E-state index in [9.17, 15) is 19.0 Å². The Morgan fingerprint density at radius 1 is 0.376 bits per heavy atom. The molecule has 0 radical (unpaired) electrons. The summed E-state index contributed by atoms with van der Waals surface area (Å²) in [5.41, 5.74) is 0. The first-order chi connectivity index (χ1) is 45.4. The normalized spacial score (nSPS) is 13.5. The van der Waals surface area contributed by atoms with Gasteiger partial charge in [0, 0.05) is 12.8 Å². The van der Waals surface area contributed by atoms with Gasteiger partial charge < -0.3 is 19.4 Å². The number of ether oxygens (including phenoxy) is 1. The second-order valence-electron chi connectivity index (χ2n) is 29.7. The second kappa shape index (κ2) is 73.0. The van der Waals surface area contributed by atoms with Crippen LogP contribution in [-0.2, 0) is 27.9 Å². The molecule has 0 aliphatic heterocycles. The molecule has 9 nitrogen and oxygen atoms in total. The van der Waals surface area contributed by atoms with Crippen LogP contribution in [0.3, 0.4) is 0 Å². The van der Waals surface area contributed by atoms with Crippen LogP contribution in [0.4, 0.5) is 0 Å². The summed E-state index contributed by atoms with van der Waals surface area (Å²) in [5, 5.41) is 3.09. The number of carbonyl (C=O) groups excluding carboxylic acids is 2. The van der Waals surface area contributed by atoms with Gasteiger partial charge in [0.15, 0.2) is 0 Å². The summed E-state index contributed by atoms with van der Waals surface area (Å²) in [5.74, 6) is -0.476. The number of quaternary nitrogens is 1. The lowest BCUT2D eigenvalue weighted by Gasteiger charge is -2.27. The first-order valence-corrected chi connectivity index (χ1v) is 42.8. The molecule has 3 unspecified atom stereocenters. The number of nitrogens with one attached hydrogen (secondary N) is 1. The van der Waals surface area contributed by atoms with Crippen LogP contribution in [0.2, 0.25) is 0 Å². The molecule has 2 N–H and O–H groups in total. The molecule has 10 heteroatoms. The fourth-order valence-electron chi connectivity index (χ4n) is 12.7. The van der Waals surface area contributed by atoms with Crippen molar-refractivity contribution in [1.29, 1.82) is 0 Å². The van der Waals surface area contributed by atoms with Crippen LogP contribution in [0.15, 0.2) is 36.5 Å². The maximum absolute atomic E-state index is 13.7. The van der Waals surface area contributed by atoms with E-state index in [1.54, 1.807) is 0 Å². The van der Waals surface area contributed by atoms with Crippen molar-refractivity contribution >= 4 is 19.7 Å². The highest BCUT2D eigenvalue weighted by molar-refractivity contribution is 7.47. The highest BCUT2D eigenvalue weighted by Crippen LogP contribution is 2.43. The Hall–Kier alpha value is -1.77. The third kappa shape index (κ3) is 74.3. The van der Waals surface area contributed by atoms with E-state index in [1.165, 1.54) is 334 Å². The van der Waals surface area contributed by atoms with E-state index in [0.717, 1.165) is 64.2 Å². The average molecular weight is 1330 g/mol. The fraction of sp³-hybridized carbons (Fsp3) is 0.904. The van der Waals surface area contributed by atoms with Gasteiger partial charge in [0.05, 0.1) is 33.8 Å². The maximum Gasteiger partial charge on any atom is 0.472 e. The minimum absolute atomic E-state index is 0.0442. The van der Waals surface area contributed by atoms with E-state index >= 15 is 0 Å². The largest absolute Gasteiger partial charge is 0.472 e. The van der Waals surface area contributed by atoms with Gasteiger partial charge in [-0.1, -0.05) is 391 Å². The number of phosphoric ester groups is 1. The first kappa shape index (κ1) is 91.2. The molecule has 0 rings (SSSR count). The Morgan fingerprint density at radius 2 is 0.656 bits per heavy atom. The molecule has 0 saturated carbocycles. The van der Waals surface area contributed by atoms with Crippen LogP contribution < -0.4 is 5.32 Å². The van der Waals surface area contributed by atoms with Crippen LogP contribution in [0.25, 0.3) is 0 Å². The molecule has 0 aromatic heterocycles. The fourth-order valence-corrected chi connectivity index (χ4v) is 13.5. The number of hydrogen-bond acceptors (Lipinski definition) is 6. The van der Waals surface area contributed by atoms with Crippen LogP contribution in [-0.4, -0.2) is 74.3 Å². The minimum Gasteiger partial charge on any atom is -0.456 e.